The number of hydrogen-bond donors (Lipinski definition) is 3. The summed E-state index contributed by atoms with van der Waals surface area (Å²) < 4.78 is 0. The van der Waals surface area contributed by atoms with Gasteiger partial charge in [0.25, 0.3) is 0 Å². The van der Waals surface area contributed by atoms with Crippen LogP contribution in [-0.4, -0.2) is 40.6 Å². The first kappa shape index (κ1) is 16.2. The van der Waals surface area contributed by atoms with E-state index in [-0.39, 0.29) is 24.8 Å². The molecule has 0 aliphatic heterocycles. The molecule has 0 aliphatic carbocycles. The van der Waals surface area contributed by atoms with Crippen LogP contribution in [0.4, 0.5) is 0 Å². The topological polar surface area (TPSA) is 92.4 Å². The molecule has 0 saturated heterocycles. The molecular formula is C11H22N2O3S. The number of amides is 1. The molecule has 0 fully saturated rings. The number of nitrogens with two attached hydrogens (primary N) is 1. The molecule has 5 nitrogen and oxygen atoms in total. The van der Waals surface area contributed by atoms with Gasteiger partial charge in [-0.2, -0.15) is 11.8 Å². The third-order valence-electron chi connectivity index (χ3n) is 2.29. The van der Waals surface area contributed by atoms with E-state index in [4.69, 9.17) is 10.8 Å². The lowest BCUT2D eigenvalue weighted by Gasteiger charge is -2.16. The van der Waals surface area contributed by atoms with Crippen molar-refractivity contribution in [3.8, 4) is 0 Å². The average molecular weight is 262 g/mol. The van der Waals surface area contributed by atoms with E-state index in [0.29, 0.717) is 0 Å². The largest absolute Gasteiger partial charge is 0.481 e. The lowest BCUT2D eigenvalue weighted by molar-refractivity contribution is -0.137. The van der Waals surface area contributed by atoms with Gasteiger partial charge in [0.2, 0.25) is 5.91 Å². The van der Waals surface area contributed by atoms with Crippen molar-refractivity contribution >= 4 is 23.6 Å². The highest BCUT2D eigenvalue weighted by Gasteiger charge is 2.16. The van der Waals surface area contributed by atoms with Crippen molar-refractivity contribution < 1.29 is 14.7 Å². The minimum atomic E-state index is -0.930. The van der Waals surface area contributed by atoms with Crippen LogP contribution in [0.25, 0.3) is 0 Å². The van der Waals surface area contributed by atoms with Gasteiger partial charge in [0.1, 0.15) is 0 Å². The monoisotopic (exact) mass is 262 g/mol. The molecule has 17 heavy (non-hydrogen) atoms. The average Bonchev–Trinajstić information content (AvgIpc) is 2.26. The number of carboxylic acid groups (broad SMARTS) is 1. The van der Waals surface area contributed by atoms with Gasteiger partial charge in [-0.1, -0.05) is 6.92 Å². The van der Waals surface area contributed by atoms with Crippen LogP contribution in [0.2, 0.25) is 0 Å². The molecule has 0 saturated carbocycles. The molecule has 0 heterocycles. The van der Waals surface area contributed by atoms with Gasteiger partial charge in [0, 0.05) is 12.5 Å². The summed E-state index contributed by atoms with van der Waals surface area (Å²) in [6.07, 6.45) is 1.00. The maximum atomic E-state index is 11.6. The molecule has 0 aromatic heterocycles. The first-order chi connectivity index (χ1) is 7.97. The Balaban J connectivity index is 3.78. The Morgan fingerprint density at radius 2 is 2.06 bits per heavy atom. The smallest absolute Gasteiger partial charge is 0.303 e. The minimum absolute atomic E-state index is 0.0747. The number of rotatable bonds is 9. The summed E-state index contributed by atoms with van der Waals surface area (Å²) in [5.74, 6) is 0.877. The Kier molecular flexibility index (Phi) is 8.89. The standard InChI is InChI=1S/C11H22N2O3S/c1-3-17-7-6-8(2)13-11(16)9(12)4-5-10(14)15/h8-9H,3-7,12H2,1-2H3,(H,13,16)(H,14,15). The summed E-state index contributed by atoms with van der Waals surface area (Å²) in [6.45, 7) is 4.02. The van der Waals surface area contributed by atoms with Crippen molar-refractivity contribution in [3.05, 3.63) is 0 Å². The number of thioether (sulfide) groups is 1. The van der Waals surface area contributed by atoms with Crippen LogP contribution >= 0.6 is 11.8 Å². The van der Waals surface area contributed by atoms with Crippen molar-refractivity contribution in [1.29, 1.82) is 0 Å². The van der Waals surface area contributed by atoms with Gasteiger partial charge in [0.05, 0.1) is 6.04 Å². The fraction of sp³-hybridized carbons (Fsp3) is 0.818. The molecule has 100 valence electrons. The lowest BCUT2D eigenvalue weighted by Crippen LogP contribution is -2.44. The number of aliphatic carboxylic acids is 1. The van der Waals surface area contributed by atoms with Gasteiger partial charge in [0.15, 0.2) is 0 Å². The third kappa shape index (κ3) is 9.00. The lowest BCUT2D eigenvalue weighted by atomic mass is 10.1. The van der Waals surface area contributed by atoms with Crippen molar-refractivity contribution in [2.45, 2.75) is 45.2 Å². The van der Waals surface area contributed by atoms with Gasteiger partial charge < -0.3 is 16.2 Å². The van der Waals surface area contributed by atoms with Crippen LogP contribution in [0.15, 0.2) is 0 Å². The van der Waals surface area contributed by atoms with Crippen molar-refractivity contribution in [3.63, 3.8) is 0 Å². The molecule has 1 amide bonds. The summed E-state index contributed by atoms with van der Waals surface area (Å²) in [5, 5.41) is 11.3. The molecule has 0 spiro atoms. The van der Waals surface area contributed by atoms with Crippen LogP contribution in [-0.2, 0) is 9.59 Å². The predicted molar refractivity (Wildman–Crippen MR) is 70.1 cm³/mol. The molecule has 0 aliphatic rings. The zero-order valence-electron chi connectivity index (χ0n) is 10.4. The summed E-state index contributed by atoms with van der Waals surface area (Å²) in [6, 6.07) is -0.648. The SMILES string of the molecule is CCSCCC(C)NC(=O)C(N)CCC(=O)O. The van der Waals surface area contributed by atoms with Crippen LogP contribution in [0.1, 0.15) is 33.1 Å². The van der Waals surface area contributed by atoms with Gasteiger partial charge in [-0.3, -0.25) is 9.59 Å². The van der Waals surface area contributed by atoms with Crippen molar-refractivity contribution in [2.75, 3.05) is 11.5 Å². The van der Waals surface area contributed by atoms with Crippen LogP contribution < -0.4 is 11.1 Å². The minimum Gasteiger partial charge on any atom is -0.481 e. The summed E-state index contributed by atoms with van der Waals surface area (Å²) in [5.41, 5.74) is 5.59. The maximum absolute atomic E-state index is 11.6. The zero-order chi connectivity index (χ0) is 13.3. The molecular weight excluding hydrogens is 240 g/mol. The Bertz CT molecular complexity index is 249. The van der Waals surface area contributed by atoms with Crippen molar-refractivity contribution in [2.24, 2.45) is 5.73 Å². The second-order valence-corrected chi connectivity index (χ2v) is 5.33. The van der Waals surface area contributed by atoms with Crippen LogP contribution in [0.5, 0.6) is 0 Å². The van der Waals surface area contributed by atoms with E-state index in [1.54, 1.807) is 0 Å². The predicted octanol–water partition coefficient (Wildman–Crippen LogP) is 0.826. The third-order valence-corrected chi connectivity index (χ3v) is 3.23. The van der Waals surface area contributed by atoms with E-state index in [0.717, 1.165) is 17.9 Å². The van der Waals surface area contributed by atoms with E-state index in [1.165, 1.54) is 0 Å². The zero-order valence-corrected chi connectivity index (χ0v) is 11.3. The molecule has 0 aromatic carbocycles. The highest BCUT2D eigenvalue weighted by Crippen LogP contribution is 2.04. The number of nitrogens with one attached hydrogen (secondary N) is 1. The van der Waals surface area contributed by atoms with Crippen LogP contribution in [0.3, 0.4) is 0 Å². The van der Waals surface area contributed by atoms with Gasteiger partial charge in [-0.15, -0.1) is 0 Å². The highest BCUT2D eigenvalue weighted by atomic mass is 32.2. The Morgan fingerprint density at radius 1 is 1.41 bits per heavy atom. The van der Waals surface area contributed by atoms with Crippen LogP contribution in [0, 0.1) is 0 Å². The maximum Gasteiger partial charge on any atom is 0.303 e. The Hall–Kier alpha value is -0.750. The molecule has 0 radical (unpaired) electrons. The molecule has 0 aromatic rings. The highest BCUT2D eigenvalue weighted by molar-refractivity contribution is 7.99. The van der Waals surface area contributed by atoms with E-state index in [2.05, 4.69) is 12.2 Å². The summed E-state index contributed by atoms with van der Waals surface area (Å²) in [4.78, 5) is 21.9. The number of carbonyl (C=O) groups is 2. The molecule has 0 rings (SSSR count). The van der Waals surface area contributed by atoms with E-state index in [9.17, 15) is 9.59 Å². The second kappa shape index (κ2) is 9.30. The van der Waals surface area contributed by atoms with Gasteiger partial charge in [-0.25, -0.2) is 0 Å². The van der Waals surface area contributed by atoms with Crippen molar-refractivity contribution in [1.82, 2.24) is 5.32 Å². The first-order valence-corrected chi connectivity index (χ1v) is 6.98. The molecule has 2 unspecified atom stereocenters. The van der Waals surface area contributed by atoms with E-state index >= 15 is 0 Å². The summed E-state index contributed by atoms with van der Waals surface area (Å²) in [7, 11) is 0. The molecule has 6 heteroatoms. The van der Waals surface area contributed by atoms with E-state index < -0.39 is 12.0 Å². The summed E-state index contributed by atoms with van der Waals surface area (Å²) >= 11 is 1.83. The fourth-order valence-corrected chi connectivity index (χ4v) is 2.05. The van der Waals surface area contributed by atoms with Gasteiger partial charge >= 0.3 is 5.97 Å². The first-order valence-electron chi connectivity index (χ1n) is 5.82. The second-order valence-electron chi connectivity index (χ2n) is 3.93. The fourth-order valence-electron chi connectivity index (χ4n) is 1.24. The Morgan fingerprint density at radius 3 is 2.59 bits per heavy atom. The van der Waals surface area contributed by atoms with E-state index in [1.807, 2.05) is 18.7 Å². The number of carbonyl (C=O) groups excluding carboxylic acids is 1. The Labute approximate surface area is 107 Å². The molecule has 4 N–H and O–H groups in total. The molecule has 2 atom stereocenters. The van der Waals surface area contributed by atoms with Gasteiger partial charge in [-0.05, 0) is 31.3 Å². The molecule has 0 bridgehead atoms. The normalized spacial score (nSPS) is 14.1. The number of hydrogen-bond acceptors (Lipinski definition) is 4. The number of carboxylic acids is 1. The quantitative estimate of drug-likeness (QED) is 0.535.